The SMILES string of the molecule is CCn1nc(-c2ccnc(Nc3cc(C)cc(C)c3)n2)cc1C(=O)N[C@H]1CCCC[C@H]1N. The maximum atomic E-state index is 13.0. The number of benzene rings is 1. The molecule has 4 rings (SSSR count). The first kappa shape index (κ1) is 22.0. The van der Waals surface area contributed by atoms with Gasteiger partial charge in [0.15, 0.2) is 0 Å². The van der Waals surface area contributed by atoms with E-state index in [9.17, 15) is 4.79 Å². The van der Waals surface area contributed by atoms with Crippen molar-refractivity contribution in [2.24, 2.45) is 5.73 Å². The molecule has 2 aromatic heterocycles. The maximum absolute atomic E-state index is 13.0. The molecule has 0 aliphatic heterocycles. The summed E-state index contributed by atoms with van der Waals surface area (Å²) in [7, 11) is 0. The first-order valence-corrected chi connectivity index (χ1v) is 11.3. The van der Waals surface area contributed by atoms with Gasteiger partial charge in [0, 0.05) is 30.5 Å². The Kier molecular flexibility index (Phi) is 6.50. The van der Waals surface area contributed by atoms with E-state index in [4.69, 9.17) is 5.73 Å². The third-order valence-electron chi connectivity index (χ3n) is 5.84. The van der Waals surface area contributed by atoms with Gasteiger partial charge in [-0.15, -0.1) is 0 Å². The number of carbonyl (C=O) groups excluding carboxylic acids is 1. The van der Waals surface area contributed by atoms with E-state index in [1.807, 2.05) is 19.1 Å². The zero-order chi connectivity index (χ0) is 22.7. The molecule has 2 heterocycles. The molecule has 0 spiro atoms. The maximum Gasteiger partial charge on any atom is 0.269 e. The van der Waals surface area contributed by atoms with Gasteiger partial charge in [0.2, 0.25) is 5.95 Å². The summed E-state index contributed by atoms with van der Waals surface area (Å²) in [5.74, 6) is 0.341. The van der Waals surface area contributed by atoms with Crippen molar-refractivity contribution in [1.29, 1.82) is 0 Å². The molecule has 1 saturated carbocycles. The van der Waals surface area contributed by atoms with E-state index >= 15 is 0 Å². The minimum atomic E-state index is -0.143. The molecule has 0 saturated heterocycles. The fourth-order valence-electron chi connectivity index (χ4n) is 4.28. The van der Waals surface area contributed by atoms with Crippen molar-refractivity contribution >= 4 is 17.5 Å². The Morgan fingerprint density at radius 2 is 1.88 bits per heavy atom. The Morgan fingerprint density at radius 1 is 1.12 bits per heavy atom. The lowest BCUT2D eigenvalue weighted by molar-refractivity contribution is 0.0910. The van der Waals surface area contributed by atoms with Crippen LogP contribution in [0.4, 0.5) is 11.6 Å². The summed E-state index contributed by atoms with van der Waals surface area (Å²) in [5, 5.41) is 11.0. The number of nitrogens with zero attached hydrogens (tertiary/aromatic N) is 4. The molecule has 8 heteroatoms. The Labute approximate surface area is 188 Å². The number of aryl methyl sites for hydroxylation is 3. The predicted octanol–water partition coefficient (Wildman–Crippen LogP) is 3.72. The highest BCUT2D eigenvalue weighted by Gasteiger charge is 2.25. The third kappa shape index (κ3) is 4.96. The zero-order valence-corrected chi connectivity index (χ0v) is 18.9. The predicted molar refractivity (Wildman–Crippen MR) is 126 cm³/mol. The van der Waals surface area contributed by atoms with Crippen LogP contribution >= 0.6 is 0 Å². The second-order valence-corrected chi connectivity index (χ2v) is 8.53. The molecule has 1 aliphatic rings. The summed E-state index contributed by atoms with van der Waals surface area (Å²) in [6, 6.07) is 9.82. The lowest BCUT2D eigenvalue weighted by atomic mass is 9.91. The summed E-state index contributed by atoms with van der Waals surface area (Å²) in [5.41, 5.74) is 11.3. The van der Waals surface area contributed by atoms with Crippen molar-refractivity contribution in [3.63, 3.8) is 0 Å². The third-order valence-corrected chi connectivity index (χ3v) is 5.84. The average Bonchev–Trinajstić information content (AvgIpc) is 3.20. The van der Waals surface area contributed by atoms with Gasteiger partial charge in [-0.2, -0.15) is 5.10 Å². The van der Waals surface area contributed by atoms with Crippen LogP contribution in [0.2, 0.25) is 0 Å². The van der Waals surface area contributed by atoms with E-state index in [0.717, 1.165) is 31.4 Å². The number of nitrogens with one attached hydrogen (secondary N) is 2. The summed E-state index contributed by atoms with van der Waals surface area (Å²) >= 11 is 0. The summed E-state index contributed by atoms with van der Waals surface area (Å²) in [6.07, 6.45) is 5.77. The molecular formula is C24H31N7O. The number of aromatic nitrogens is 4. The van der Waals surface area contributed by atoms with Crippen LogP contribution in [0.1, 0.15) is 54.2 Å². The Morgan fingerprint density at radius 3 is 2.59 bits per heavy atom. The molecule has 1 aromatic carbocycles. The van der Waals surface area contributed by atoms with Crippen LogP contribution in [0.15, 0.2) is 36.5 Å². The Balaban J connectivity index is 1.55. The van der Waals surface area contributed by atoms with Crippen LogP contribution in [-0.2, 0) is 6.54 Å². The van der Waals surface area contributed by atoms with Crippen LogP contribution in [0.5, 0.6) is 0 Å². The number of carbonyl (C=O) groups is 1. The molecule has 0 bridgehead atoms. The molecule has 4 N–H and O–H groups in total. The van der Waals surface area contributed by atoms with Gasteiger partial charge in [-0.3, -0.25) is 9.48 Å². The molecule has 2 atom stereocenters. The molecule has 8 nitrogen and oxygen atoms in total. The standard InChI is InChI=1S/C24H31N7O/c1-4-31-22(23(32)28-19-8-6-5-7-18(19)25)14-21(30-31)20-9-10-26-24(29-20)27-17-12-15(2)11-16(3)13-17/h9-14,18-19H,4-8,25H2,1-3H3,(H,28,32)(H,26,27,29)/t18-,19+/m1/s1. The lowest BCUT2D eigenvalue weighted by Crippen LogP contribution is -2.49. The van der Waals surface area contributed by atoms with Crippen molar-refractivity contribution in [2.75, 3.05) is 5.32 Å². The topological polar surface area (TPSA) is 111 Å². The fraction of sp³-hybridized carbons (Fsp3) is 0.417. The monoisotopic (exact) mass is 433 g/mol. The number of anilines is 2. The van der Waals surface area contributed by atoms with Gasteiger partial charge < -0.3 is 16.4 Å². The fourth-order valence-corrected chi connectivity index (χ4v) is 4.28. The minimum Gasteiger partial charge on any atom is -0.346 e. The van der Waals surface area contributed by atoms with Gasteiger partial charge >= 0.3 is 0 Å². The van der Waals surface area contributed by atoms with Crippen molar-refractivity contribution < 1.29 is 4.79 Å². The van der Waals surface area contributed by atoms with E-state index in [1.165, 1.54) is 11.1 Å². The molecule has 3 aromatic rings. The minimum absolute atomic E-state index is 0.00549. The lowest BCUT2D eigenvalue weighted by Gasteiger charge is -2.29. The largest absolute Gasteiger partial charge is 0.346 e. The molecule has 0 unspecified atom stereocenters. The quantitative estimate of drug-likeness (QED) is 0.546. The van der Waals surface area contributed by atoms with Crippen molar-refractivity contribution in [3.05, 3.63) is 53.3 Å². The number of nitrogens with two attached hydrogens (primary N) is 1. The average molecular weight is 434 g/mol. The van der Waals surface area contributed by atoms with Crippen LogP contribution in [0, 0.1) is 13.8 Å². The van der Waals surface area contributed by atoms with Gasteiger partial charge in [-0.25, -0.2) is 9.97 Å². The van der Waals surface area contributed by atoms with E-state index in [0.29, 0.717) is 29.6 Å². The second-order valence-electron chi connectivity index (χ2n) is 8.53. The Hall–Kier alpha value is -3.26. The molecule has 168 valence electrons. The zero-order valence-electron chi connectivity index (χ0n) is 18.9. The molecule has 1 fully saturated rings. The number of amides is 1. The smallest absolute Gasteiger partial charge is 0.269 e. The normalized spacial score (nSPS) is 18.4. The second kappa shape index (κ2) is 9.48. The summed E-state index contributed by atoms with van der Waals surface area (Å²) in [6.45, 7) is 6.66. The van der Waals surface area contributed by atoms with E-state index in [1.54, 1.807) is 23.0 Å². The van der Waals surface area contributed by atoms with Gasteiger partial charge in [-0.05, 0) is 69.0 Å². The van der Waals surface area contributed by atoms with Crippen molar-refractivity contribution in [3.8, 4) is 11.4 Å². The van der Waals surface area contributed by atoms with Crippen molar-refractivity contribution in [1.82, 2.24) is 25.1 Å². The molecule has 0 radical (unpaired) electrons. The number of hydrogen-bond acceptors (Lipinski definition) is 6. The molecule has 32 heavy (non-hydrogen) atoms. The molecular weight excluding hydrogens is 402 g/mol. The summed E-state index contributed by atoms with van der Waals surface area (Å²) < 4.78 is 1.71. The van der Waals surface area contributed by atoms with Gasteiger partial charge in [0.1, 0.15) is 11.4 Å². The van der Waals surface area contributed by atoms with Crippen LogP contribution < -0.4 is 16.4 Å². The first-order chi connectivity index (χ1) is 15.4. The van der Waals surface area contributed by atoms with Gasteiger partial charge in [-0.1, -0.05) is 18.9 Å². The van der Waals surface area contributed by atoms with E-state index < -0.39 is 0 Å². The highest BCUT2D eigenvalue weighted by Crippen LogP contribution is 2.22. The molecule has 1 amide bonds. The first-order valence-electron chi connectivity index (χ1n) is 11.3. The summed E-state index contributed by atoms with van der Waals surface area (Å²) in [4.78, 5) is 21.9. The van der Waals surface area contributed by atoms with Crippen LogP contribution in [-0.4, -0.2) is 37.7 Å². The van der Waals surface area contributed by atoms with E-state index in [2.05, 4.69) is 45.6 Å². The number of rotatable bonds is 6. The van der Waals surface area contributed by atoms with Crippen molar-refractivity contribution in [2.45, 2.75) is 65.1 Å². The van der Waals surface area contributed by atoms with Crippen LogP contribution in [0.25, 0.3) is 11.4 Å². The van der Waals surface area contributed by atoms with Crippen LogP contribution in [0.3, 0.4) is 0 Å². The van der Waals surface area contributed by atoms with Gasteiger partial charge in [0.25, 0.3) is 5.91 Å². The highest BCUT2D eigenvalue weighted by atomic mass is 16.2. The molecule has 1 aliphatic carbocycles. The number of hydrogen-bond donors (Lipinski definition) is 3. The van der Waals surface area contributed by atoms with Gasteiger partial charge in [0.05, 0.1) is 5.69 Å². The Bertz CT molecular complexity index is 1090. The van der Waals surface area contributed by atoms with E-state index in [-0.39, 0.29) is 18.0 Å². The highest BCUT2D eigenvalue weighted by molar-refractivity contribution is 5.93.